The van der Waals surface area contributed by atoms with Gasteiger partial charge in [0.05, 0.1) is 11.9 Å². The van der Waals surface area contributed by atoms with Crippen molar-refractivity contribution >= 4 is 23.1 Å². The van der Waals surface area contributed by atoms with Crippen LogP contribution in [0.5, 0.6) is 0 Å². The Labute approximate surface area is 160 Å². The van der Waals surface area contributed by atoms with Crippen LogP contribution < -0.4 is 5.32 Å². The quantitative estimate of drug-likeness (QED) is 0.444. The van der Waals surface area contributed by atoms with Crippen LogP contribution >= 0.6 is 0 Å². The van der Waals surface area contributed by atoms with Crippen LogP contribution in [-0.2, 0) is 4.79 Å². The smallest absolute Gasteiger partial charge is 0.282 e. The SMILES string of the molecule is Cc1[nH]nc(C(F)F)c1C.O=CNc1cnc2[nH]c(-c3ccccc3)cc2c1. The first-order chi connectivity index (χ1) is 13.5. The van der Waals surface area contributed by atoms with E-state index < -0.39 is 6.43 Å². The maximum absolute atomic E-state index is 12.0. The molecule has 6 nitrogen and oxygen atoms in total. The number of carbonyl (C=O) groups is 1. The average molecular weight is 383 g/mol. The minimum atomic E-state index is -2.47. The van der Waals surface area contributed by atoms with Gasteiger partial charge in [0.25, 0.3) is 6.43 Å². The molecule has 0 atom stereocenters. The number of pyridine rings is 1. The number of aromatic amines is 2. The lowest BCUT2D eigenvalue weighted by Crippen LogP contribution is -1.93. The summed E-state index contributed by atoms with van der Waals surface area (Å²) >= 11 is 0. The molecule has 0 radical (unpaired) electrons. The predicted molar refractivity (Wildman–Crippen MR) is 104 cm³/mol. The maximum Gasteiger partial charge on any atom is 0.282 e. The molecule has 28 heavy (non-hydrogen) atoms. The highest BCUT2D eigenvalue weighted by molar-refractivity contribution is 5.87. The number of amides is 1. The number of carbonyl (C=O) groups excluding carboxylic acids is 1. The zero-order valence-electron chi connectivity index (χ0n) is 15.3. The van der Waals surface area contributed by atoms with E-state index in [9.17, 15) is 13.6 Å². The molecule has 144 valence electrons. The maximum atomic E-state index is 12.0. The van der Waals surface area contributed by atoms with Gasteiger partial charge in [-0.3, -0.25) is 9.89 Å². The number of benzene rings is 1. The summed E-state index contributed by atoms with van der Waals surface area (Å²) in [5.74, 6) is 0. The van der Waals surface area contributed by atoms with Crippen molar-refractivity contribution in [3.63, 3.8) is 0 Å². The van der Waals surface area contributed by atoms with Gasteiger partial charge in [0.1, 0.15) is 11.3 Å². The summed E-state index contributed by atoms with van der Waals surface area (Å²) in [6.45, 7) is 3.34. The summed E-state index contributed by atoms with van der Waals surface area (Å²) in [5, 5.41) is 9.49. The number of hydrogen-bond donors (Lipinski definition) is 3. The van der Waals surface area contributed by atoms with E-state index in [0.717, 1.165) is 22.3 Å². The van der Waals surface area contributed by atoms with Crippen molar-refractivity contribution in [2.45, 2.75) is 20.3 Å². The lowest BCUT2D eigenvalue weighted by atomic mass is 10.1. The van der Waals surface area contributed by atoms with Gasteiger partial charge in [0, 0.05) is 16.8 Å². The van der Waals surface area contributed by atoms with E-state index in [1.165, 1.54) is 0 Å². The number of H-pyrrole nitrogens is 2. The predicted octanol–water partition coefficient (Wildman–Crippen LogP) is 4.76. The highest BCUT2D eigenvalue weighted by Gasteiger charge is 2.14. The first-order valence-corrected chi connectivity index (χ1v) is 8.53. The number of anilines is 1. The topological polar surface area (TPSA) is 86.5 Å². The Hall–Kier alpha value is -3.55. The summed E-state index contributed by atoms with van der Waals surface area (Å²) in [5.41, 5.74) is 4.74. The van der Waals surface area contributed by atoms with Crippen molar-refractivity contribution in [2.24, 2.45) is 0 Å². The number of fused-ring (bicyclic) bond motifs is 1. The van der Waals surface area contributed by atoms with Crippen molar-refractivity contribution in [3.8, 4) is 11.3 Å². The lowest BCUT2D eigenvalue weighted by molar-refractivity contribution is -0.105. The molecular formula is C20H19F2N5O. The molecule has 0 bridgehead atoms. The van der Waals surface area contributed by atoms with Gasteiger partial charge in [-0.2, -0.15) is 5.10 Å². The number of rotatable bonds is 4. The number of aryl methyl sites for hydroxylation is 1. The molecular weight excluding hydrogens is 364 g/mol. The van der Waals surface area contributed by atoms with E-state index >= 15 is 0 Å². The van der Waals surface area contributed by atoms with Crippen LogP contribution in [0.4, 0.5) is 14.5 Å². The van der Waals surface area contributed by atoms with Crippen molar-refractivity contribution in [2.75, 3.05) is 5.32 Å². The van der Waals surface area contributed by atoms with Crippen molar-refractivity contribution in [1.29, 1.82) is 0 Å². The fraction of sp³-hybridized carbons (Fsp3) is 0.150. The Morgan fingerprint density at radius 3 is 2.46 bits per heavy atom. The molecule has 8 heteroatoms. The average Bonchev–Trinajstić information content (AvgIpc) is 3.27. The molecule has 1 amide bonds. The summed E-state index contributed by atoms with van der Waals surface area (Å²) < 4.78 is 23.9. The zero-order valence-corrected chi connectivity index (χ0v) is 15.3. The number of nitrogens with one attached hydrogen (secondary N) is 3. The van der Waals surface area contributed by atoms with Gasteiger partial charge in [-0.05, 0) is 37.1 Å². The molecule has 0 saturated heterocycles. The number of hydrogen-bond acceptors (Lipinski definition) is 3. The van der Waals surface area contributed by atoms with Crippen LogP contribution in [0.3, 0.4) is 0 Å². The third-order valence-electron chi connectivity index (χ3n) is 4.28. The first-order valence-electron chi connectivity index (χ1n) is 8.53. The van der Waals surface area contributed by atoms with E-state index in [1.54, 1.807) is 20.0 Å². The molecule has 0 saturated carbocycles. The van der Waals surface area contributed by atoms with Gasteiger partial charge >= 0.3 is 0 Å². The molecule has 0 aliphatic carbocycles. The van der Waals surface area contributed by atoms with Crippen LogP contribution in [0.1, 0.15) is 23.4 Å². The second kappa shape index (κ2) is 8.43. The van der Waals surface area contributed by atoms with Crippen LogP contribution in [0.25, 0.3) is 22.3 Å². The fourth-order valence-corrected chi connectivity index (χ4v) is 2.65. The van der Waals surface area contributed by atoms with Gasteiger partial charge < -0.3 is 10.3 Å². The molecule has 0 unspecified atom stereocenters. The summed E-state index contributed by atoms with van der Waals surface area (Å²) in [6.07, 6.45) is -0.194. The number of alkyl halides is 2. The summed E-state index contributed by atoms with van der Waals surface area (Å²) in [6, 6.07) is 14.0. The Morgan fingerprint density at radius 1 is 1.14 bits per heavy atom. The summed E-state index contributed by atoms with van der Waals surface area (Å²) in [7, 11) is 0. The Morgan fingerprint density at radius 2 is 1.89 bits per heavy atom. The largest absolute Gasteiger partial charge is 0.339 e. The van der Waals surface area contributed by atoms with Crippen LogP contribution in [0.2, 0.25) is 0 Å². The first kappa shape index (κ1) is 19.2. The molecule has 0 aliphatic heterocycles. The van der Waals surface area contributed by atoms with Crippen LogP contribution in [0.15, 0.2) is 48.7 Å². The van der Waals surface area contributed by atoms with E-state index in [1.807, 2.05) is 42.5 Å². The molecule has 0 aliphatic rings. The van der Waals surface area contributed by atoms with Gasteiger partial charge in [0.2, 0.25) is 6.41 Å². The van der Waals surface area contributed by atoms with Crippen molar-refractivity contribution < 1.29 is 13.6 Å². The van der Waals surface area contributed by atoms with Gasteiger partial charge in [-0.15, -0.1) is 0 Å². The number of aromatic nitrogens is 4. The third-order valence-corrected chi connectivity index (χ3v) is 4.28. The van der Waals surface area contributed by atoms with Crippen molar-refractivity contribution in [1.82, 2.24) is 20.2 Å². The van der Waals surface area contributed by atoms with Gasteiger partial charge in [0.15, 0.2) is 0 Å². The molecule has 3 aromatic heterocycles. The number of halogens is 2. The zero-order chi connectivity index (χ0) is 20.1. The Bertz CT molecular complexity index is 1070. The van der Waals surface area contributed by atoms with E-state index in [4.69, 9.17) is 0 Å². The molecule has 0 spiro atoms. The van der Waals surface area contributed by atoms with Crippen LogP contribution in [0, 0.1) is 13.8 Å². The fourth-order valence-electron chi connectivity index (χ4n) is 2.65. The molecule has 3 N–H and O–H groups in total. The highest BCUT2D eigenvalue weighted by atomic mass is 19.3. The second-order valence-electron chi connectivity index (χ2n) is 6.13. The van der Waals surface area contributed by atoms with E-state index in [0.29, 0.717) is 23.4 Å². The normalized spacial score (nSPS) is 10.6. The monoisotopic (exact) mass is 383 g/mol. The van der Waals surface area contributed by atoms with E-state index in [2.05, 4.69) is 25.5 Å². The second-order valence-corrected chi connectivity index (χ2v) is 6.13. The molecule has 3 heterocycles. The van der Waals surface area contributed by atoms with Crippen LogP contribution in [-0.4, -0.2) is 26.6 Å². The highest BCUT2D eigenvalue weighted by Crippen LogP contribution is 2.24. The number of nitrogens with zero attached hydrogens (tertiary/aromatic N) is 2. The molecule has 4 aromatic rings. The minimum Gasteiger partial charge on any atom is -0.339 e. The molecule has 1 aromatic carbocycles. The summed E-state index contributed by atoms with van der Waals surface area (Å²) in [4.78, 5) is 17.9. The Balaban J connectivity index is 0.000000192. The standard InChI is InChI=1S/C14H11N3O.C6H8F2N2/c18-9-16-12-6-11-7-13(17-14(11)15-8-12)10-4-2-1-3-5-10;1-3-4(2)9-10-5(3)6(7)8/h1-9H,(H,15,17)(H,16,18);6H,1-2H3,(H,9,10). The lowest BCUT2D eigenvalue weighted by Gasteiger charge is -1.96. The van der Waals surface area contributed by atoms with Gasteiger partial charge in [-0.25, -0.2) is 13.8 Å². The molecule has 4 rings (SSSR count). The van der Waals surface area contributed by atoms with E-state index in [-0.39, 0.29) is 5.69 Å². The van der Waals surface area contributed by atoms with Gasteiger partial charge in [-0.1, -0.05) is 30.3 Å². The van der Waals surface area contributed by atoms with Crippen molar-refractivity contribution in [3.05, 3.63) is 65.6 Å². The minimum absolute atomic E-state index is 0.141. The third kappa shape index (κ3) is 4.22. The molecule has 0 fully saturated rings. The Kier molecular flexibility index (Phi) is 5.78.